The summed E-state index contributed by atoms with van der Waals surface area (Å²) < 4.78 is 0. The third-order valence-electron chi connectivity index (χ3n) is 2.05. The Morgan fingerprint density at radius 1 is 1.09 bits per heavy atom. The lowest BCUT2D eigenvalue weighted by molar-refractivity contribution is 0.132. The van der Waals surface area contributed by atoms with Crippen molar-refractivity contribution in [3.05, 3.63) is 0 Å². The van der Waals surface area contributed by atoms with Crippen molar-refractivity contribution < 1.29 is 10.2 Å². The average Bonchev–Trinajstić information content (AvgIpc) is 2.05. The van der Waals surface area contributed by atoms with Gasteiger partial charge in [0.15, 0.2) is 0 Å². The van der Waals surface area contributed by atoms with Gasteiger partial charge in [-0.1, -0.05) is 0 Å². The van der Waals surface area contributed by atoms with Crippen LogP contribution < -0.4 is 5.32 Å². The molecule has 0 aromatic rings. The van der Waals surface area contributed by atoms with E-state index < -0.39 is 0 Å². The molecule has 1 saturated heterocycles. The van der Waals surface area contributed by atoms with Gasteiger partial charge in [-0.2, -0.15) is 0 Å². The number of halogens is 1. The van der Waals surface area contributed by atoms with E-state index in [1.165, 1.54) is 0 Å². The zero-order valence-electron chi connectivity index (χ0n) is 6.49. The summed E-state index contributed by atoms with van der Waals surface area (Å²) >= 11 is 0. The molecule has 0 bridgehead atoms. The fraction of sp³-hybridized carbons (Fsp3) is 1.00. The quantitative estimate of drug-likeness (QED) is 0.545. The molecule has 2 atom stereocenters. The largest absolute Gasteiger partial charge is 0.396 e. The first kappa shape index (κ1) is 11.2. The monoisotopic (exact) mass is 181 g/mol. The minimum Gasteiger partial charge on any atom is -0.396 e. The molecule has 0 radical (unpaired) electrons. The summed E-state index contributed by atoms with van der Waals surface area (Å²) in [7, 11) is 0. The second-order valence-electron chi connectivity index (χ2n) is 2.99. The van der Waals surface area contributed by atoms with Crippen molar-refractivity contribution in [2.45, 2.75) is 6.42 Å². The lowest BCUT2D eigenvalue weighted by atomic mass is 9.92. The van der Waals surface area contributed by atoms with Crippen molar-refractivity contribution in [1.82, 2.24) is 5.32 Å². The summed E-state index contributed by atoms with van der Waals surface area (Å²) in [6.45, 7) is 2.27. The highest BCUT2D eigenvalue weighted by Gasteiger charge is 2.19. The Balaban J connectivity index is 0.000001000. The summed E-state index contributed by atoms with van der Waals surface area (Å²) in [5, 5.41) is 20.7. The lowest BCUT2D eigenvalue weighted by Crippen LogP contribution is -2.39. The van der Waals surface area contributed by atoms with E-state index in [0.717, 1.165) is 19.5 Å². The first-order valence-electron chi connectivity index (χ1n) is 3.79. The molecule has 4 heteroatoms. The standard InChI is InChI=1S/C7H15NO2.ClH/c9-4-6-1-7(5-10)3-8-2-6;/h6-10H,1-5H2;1H. The highest BCUT2D eigenvalue weighted by molar-refractivity contribution is 5.85. The van der Waals surface area contributed by atoms with E-state index in [-0.39, 0.29) is 25.6 Å². The van der Waals surface area contributed by atoms with E-state index in [0.29, 0.717) is 11.8 Å². The smallest absolute Gasteiger partial charge is 0.0471 e. The van der Waals surface area contributed by atoms with Gasteiger partial charge in [0.1, 0.15) is 0 Å². The van der Waals surface area contributed by atoms with Crippen LogP contribution in [0.15, 0.2) is 0 Å². The predicted octanol–water partition coefficient (Wildman–Crippen LogP) is -0.382. The molecule has 11 heavy (non-hydrogen) atoms. The Kier molecular flexibility index (Phi) is 5.86. The summed E-state index contributed by atoms with van der Waals surface area (Å²) in [6, 6.07) is 0. The van der Waals surface area contributed by atoms with Crippen molar-refractivity contribution in [3.63, 3.8) is 0 Å². The van der Waals surface area contributed by atoms with Crippen LogP contribution in [-0.2, 0) is 0 Å². The molecule has 3 N–H and O–H groups in total. The zero-order valence-corrected chi connectivity index (χ0v) is 7.31. The lowest BCUT2D eigenvalue weighted by Gasteiger charge is -2.27. The number of piperidine rings is 1. The molecule has 0 aromatic heterocycles. The molecule has 1 fully saturated rings. The van der Waals surface area contributed by atoms with Crippen LogP contribution in [0.25, 0.3) is 0 Å². The molecule has 0 aliphatic carbocycles. The first-order chi connectivity index (χ1) is 4.86. The van der Waals surface area contributed by atoms with Crippen LogP contribution in [0.1, 0.15) is 6.42 Å². The maximum Gasteiger partial charge on any atom is 0.0471 e. The first-order valence-corrected chi connectivity index (χ1v) is 3.79. The maximum absolute atomic E-state index is 8.78. The second-order valence-corrected chi connectivity index (χ2v) is 2.99. The molecule has 0 amide bonds. The average molecular weight is 182 g/mol. The predicted molar refractivity (Wildman–Crippen MR) is 45.9 cm³/mol. The Labute approximate surface area is 73.2 Å². The minimum absolute atomic E-state index is 0. The van der Waals surface area contributed by atoms with Gasteiger partial charge in [-0.25, -0.2) is 0 Å². The molecule has 1 rings (SSSR count). The van der Waals surface area contributed by atoms with Crippen LogP contribution in [0.4, 0.5) is 0 Å². The van der Waals surface area contributed by atoms with E-state index in [1.54, 1.807) is 0 Å². The molecule has 1 aliphatic rings. The van der Waals surface area contributed by atoms with Crippen molar-refractivity contribution in [2.75, 3.05) is 26.3 Å². The van der Waals surface area contributed by atoms with Crippen LogP contribution >= 0.6 is 12.4 Å². The van der Waals surface area contributed by atoms with E-state index >= 15 is 0 Å². The van der Waals surface area contributed by atoms with Gasteiger partial charge in [0.05, 0.1) is 0 Å². The van der Waals surface area contributed by atoms with Crippen LogP contribution in [0, 0.1) is 11.8 Å². The number of hydrogen-bond acceptors (Lipinski definition) is 3. The SMILES string of the molecule is Cl.OCC1CNCC(CO)C1. The molecule has 0 spiro atoms. The number of aliphatic hydroxyl groups is 2. The Morgan fingerprint density at radius 3 is 1.91 bits per heavy atom. The van der Waals surface area contributed by atoms with Crippen LogP contribution in [-0.4, -0.2) is 36.5 Å². The number of nitrogens with one attached hydrogen (secondary N) is 1. The molecular weight excluding hydrogens is 166 g/mol. The van der Waals surface area contributed by atoms with Gasteiger partial charge in [-0.05, 0) is 18.3 Å². The summed E-state index contributed by atoms with van der Waals surface area (Å²) in [5.41, 5.74) is 0. The number of rotatable bonds is 2. The van der Waals surface area contributed by atoms with Gasteiger partial charge in [-0.15, -0.1) is 12.4 Å². The van der Waals surface area contributed by atoms with E-state index in [2.05, 4.69) is 5.32 Å². The maximum atomic E-state index is 8.78. The molecule has 0 saturated carbocycles. The topological polar surface area (TPSA) is 52.5 Å². The fourth-order valence-electron chi connectivity index (χ4n) is 1.41. The molecule has 3 nitrogen and oxygen atoms in total. The third kappa shape index (κ3) is 3.38. The van der Waals surface area contributed by atoms with Crippen LogP contribution in [0.2, 0.25) is 0 Å². The zero-order chi connectivity index (χ0) is 7.40. The van der Waals surface area contributed by atoms with Crippen molar-refractivity contribution >= 4 is 12.4 Å². The van der Waals surface area contributed by atoms with Gasteiger partial charge >= 0.3 is 0 Å². The number of hydrogen-bond donors (Lipinski definition) is 3. The van der Waals surface area contributed by atoms with Crippen molar-refractivity contribution in [2.24, 2.45) is 11.8 Å². The molecule has 2 unspecified atom stereocenters. The minimum atomic E-state index is 0. The molecule has 0 aromatic carbocycles. The van der Waals surface area contributed by atoms with Gasteiger partial charge in [0, 0.05) is 26.3 Å². The van der Waals surface area contributed by atoms with Gasteiger partial charge in [-0.3, -0.25) is 0 Å². The third-order valence-corrected chi connectivity index (χ3v) is 2.05. The molecule has 68 valence electrons. The van der Waals surface area contributed by atoms with E-state index in [1.807, 2.05) is 0 Å². The van der Waals surface area contributed by atoms with Crippen molar-refractivity contribution in [1.29, 1.82) is 0 Å². The highest BCUT2D eigenvalue weighted by atomic mass is 35.5. The Morgan fingerprint density at radius 2 is 1.55 bits per heavy atom. The fourth-order valence-corrected chi connectivity index (χ4v) is 1.41. The van der Waals surface area contributed by atoms with Crippen LogP contribution in [0.3, 0.4) is 0 Å². The molecule has 1 heterocycles. The normalized spacial score (nSPS) is 31.1. The Bertz CT molecular complexity index is 92.4. The molecular formula is C7H16ClNO2. The highest BCUT2D eigenvalue weighted by Crippen LogP contribution is 2.14. The van der Waals surface area contributed by atoms with Crippen LogP contribution in [0.5, 0.6) is 0 Å². The van der Waals surface area contributed by atoms with Crippen molar-refractivity contribution in [3.8, 4) is 0 Å². The van der Waals surface area contributed by atoms with Gasteiger partial charge < -0.3 is 15.5 Å². The second kappa shape index (κ2) is 5.77. The summed E-state index contributed by atoms with van der Waals surface area (Å²) in [5.74, 6) is 0.705. The van der Waals surface area contributed by atoms with Gasteiger partial charge in [0.25, 0.3) is 0 Å². The number of aliphatic hydroxyl groups excluding tert-OH is 2. The summed E-state index contributed by atoms with van der Waals surface area (Å²) in [6.07, 6.45) is 0.958. The van der Waals surface area contributed by atoms with Gasteiger partial charge in [0.2, 0.25) is 0 Å². The molecule has 1 aliphatic heterocycles. The van der Waals surface area contributed by atoms with E-state index in [4.69, 9.17) is 10.2 Å². The summed E-state index contributed by atoms with van der Waals surface area (Å²) in [4.78, 5) is 0. The Hall–Kier alpha value is 0.170. The van der Waals surface area contributed by atoms with E-state index in [9.17, 15) is 0 Å².